The van der Waals surface area contributed by atoms with E-state index in [9.17, 15) is 29.4 Å². The summed E-state index contributed by atoms with van der Waals surface area (Å²) >= 11 is 0. The third-order valence-corrected chi connectivity index (χ3v) is 5.36. The Hall–Kier alpha value is -3.14. The largest absolute Gasteiger partial charge is 0.508 e. The second-order valence-electron chi connectivity index (χ2n) is 8.41. The Kier molecular flexibility index (Phi) is 9.01. The summed E-state index contributed by atoms with van der Waals surface area (Å²) < 4.78 is 0. The van der Waals surface area contributed by atoms with Gasteiger partial charge < -0.3 is 31.5 Å². The summed E-state index contributed by atoms with van der Waals surface area (Å²) in [4.78, 5) is 51.0. The molecular weight excluding hydrogens is 416 g/mol. The molecule has 3 amide bonds. The third-order valence-electron chi connectivity index (χ3n) is 5.36. The molecule has 0 bridgehead atoms. The fourth-order valence-electron chi connectivity index (χ4n) is 3.78. The molecule has 1 heterocycles. The molecule has 0 radical (unpaired) electrons. The highest BCUT2D eigenvalue weighted by atomic mass is 16.4. The molecule has 32 heavy (non-hydrogen) atoms. The van der Waals surface area contributed by atoms with Gasteiger partial charge in [0.05, 0.1) is 6.54 Å². The van der Waals surface area contributed by atoms with Crippen LogP contribution in [0.3, 0.4) is 0 Å². The summed E-state index contributed by atoms with van der Waals surface area (Å²) in [5.41, 5.74) is 6.07. The van der Waals surface area contributed by atoms with E-state index in [-0.39, 0.29) is 24.6 Å². The van der Waals surface area contributed by atoms with Crippen molar-refractivity contribution >= 4 is 23.7 Å². The molecule has 2 rings (SSSR count). The van der Waals surface area contributed by atoms with Gasteiger partial charge in [0.15, 0.2) is 0 Å². The zero-order chi connectivity index (χ0) is 23.8. The van der Waals surface area contributed by atoms with E-state index < -0.39 is 41.8 Å². The molecule has 1 aromatic rings. The number of carboxylic acid groups (broad SMARTS) is 1. The Bertz CT molecular complexity index is 826. The fourth-order valence-corrected chi connectivity index (χ4v) is 3.78. The van der Waals surface area contributed by atoms with Gasteiger partial charge >= 0.3 is 5.97 Å². The number of hydrogen-bond donors (Lipinski definition) is 5. The lowest BCUT2D eigenvalue weighted by atomic mass is 10.00. The summed E-state index contributed by atoms with van der Waals surface area (Å²) in [6.07, 6.45) is 1.41. The number of rotatable bonds is 10. The van der Waals surface area contributed by atoms with Crippen LogP contribution in [0.25, 0.3) is 0 Å². The lowest BCUT2D eigenvalue weighted by Gasteiger charge is -2.29. The summed E-state index contributed by atoms with van der Waals surface area (Å²) in [5, 5.41) is 24.2. The number of nitrogens with two attached hydrogens (primary N) is 1. The number of carboxylic acids is 1. The Labute approximate surface area is 187 Å². The van der Waals surface area contributed by atoms with E-state index in [1.807, 2.05) is 13.8 Å². The van der Waals surface area contributed by atoms with Crippen LogP contribution in [-0.4, -0.2) is 70.0 Å². The maximum Gasteiger partial charge on any atom is 0.326 e. The lowest BCUT2D eigenvalue weighted by molar-refractivity contribution is -0.149. The van der Waals surface area contributed by atoms with Crippen LogP contribution in [0.1, 0.15) is 38.7 Å². The number of nitrogens with zero attached hydrogens (tertiary/aromatic N) is 1. The normalized spacial score (nSPS) is 17.6. The first-order chi connectivity index (χ1) is 15.1. The first-order valence-corrected chi connectivity index (χ1v) is 10.7. The van der Waals surface area contributed by atoms with Gasteiger partial charge in [-0.3, -0.25) is 14.4 Å². The second-order valence-corrected chi connectivity index (χ2v) is 8.41. The van der Waals surface area contributed by atoms with E-state index in [2.05, 4.69) is 10.6 Å². The van der Waals surface area contributed by atoms with Crippen LogP contribution in [0, 0.1) is 5.92 Å². The molecule has 0 saturated carbocycles. The maximum atomic E-state index is 13.1. The van der Waals surface area contributed by atoms with E-state index >= 15 is 0 Å². The summed E-state index contributed by atoms with van der Waals surface area (Å²) in [6, 6.07) is 3.38. The number of nitrogens with one attached hydrogen (secondary N) is 2. The average molecular weight is 449 g/mol. The van der Waals surface area contributed by atoms with Crippen molar-refractivity contribution in [3.05, 3.63) is 29.8 Å². The number of benzene rings is 1. The van der Waals surface area contributed by atoms with Gasteiger partial charge in [0.1, 0.15) is 23.9 Å². The molecule has 0 aliphatic carbocycles. The van der Waals surface area contributed by atoms with E-state index in [1.165, 1.54) is 17.0 Å². The molecule has 0 spiro atoms. The first-order valence-electron chi connectivity index (χ1n) is 10.7. The van der Waals surface area contributed by atoms with Crippen LogP contribution in [-0.2, 0) is 25.6 Å². The quantitative estimate of drug-likeness (QED) is 0.336. The van der Waals surface area contributed by atoms with Crippen molar-refractivity contribution in [3.63, 3.8) is 0 Å². The minimum Gasteiger partial charge on any atom is -0.508 e. The van der Waals surface area contributed by atoms with Gasteiger partial charge in [-0.15, -0.1) is 0 Å². The van der Waals surface area contributed by atoms with Gasteiger partial charge in [-0.05, 0) is 42.9 Å². The van der Waals surface area contributed by atoms with Gasteiger partial charge in [-0.25, -0.2) is 4.79 Å². The number of phenols is 1. The van der Waals surface area contributed by atoms with Gasteiger partial charge in [0, 0.05) is 13.0 Å². The molecule has 0 aromatic heterocycles. The topological polar surface area (TPSA) is 162 Å². The number of phenolic OH excluding ortho intramolecular Hbond substituents is 1. The number of carbonyl (C=O) groups is 4. The predicted molar refractivity (Wildman–Crippen MR) is 117 cm³/mol. The van der Waals surface area contributed by atoms with Gasteiger partial charge in [-0.1, -0.05) is 26.0 Å². The average Bonchev–Trinajstić information content (AvgIpc) is 3.23. The number of amides is 3. The van der Waals surface area contributed by atoms with E-state index in [1.54, 1.807) is 12.1 Å². The number of likely N-dealkylation sites (tertiary alicyclic amines) is 1. The molecule has 6 N–H and O–H groups in total. The summed E-state index contributed by atoms with van der Waals surface area (Å²) in [5.74, 6) is -2.46. The molecular formula is C22H32N4O6. The van der Waals surface area contributed by atoms with Crippen molar-refractivity contribution in [3.8, 4) is 5.75 Å². The zero-order valence-electron chi connectivity index (χ0n) is 18.4. The first kappa shape index (κ1) is 25.1. The van der Waals surface area contributed by atoms with Crippen LogP contribution >= 0.6 is 0 Å². The fraction of sp³-hybridized carbons (Fsp3) is 0.545. The third kappa shape index (κ3) is 6.94. The highest BCUT2D eigenvalue weighted by Gasteiger charge is 2.38. The summed E-state index contributed by atoms with van der Waals surface area (Å²) in [7, 11) is 0. The molecule has 1 fully saturated rings. The Morgan fingerprint density at radius 1 is 1.12 bits per heavy atom. The Morgan fingerprint density at radius 2 is 1.78 bits per heavy atom. The Morgan fingerprint density at radius 3 is 2.34 bits per heavy atom. The lowest BCUT2D eigenvalue weighted by Crippen LogP contribution is -2.57. The van der Waals surface area contributed by atoms with Crippen LogP contribution in [0.4, 0.5) is 0 Å². The highest BCUT2D eigenvalue weighted by molar-refractivity contribution is 5.94. The van der Waals surface area contributed by atoms with Crippen LogP contribution in [0.15, 0.2) is 24.3 Å². The maximum absolute atomic E-state index is 13.1. The van der Waals surface area contributed by atoms with Crippen LogP contribution in [0.2, 0.25) is 0 Å². The molecule has 3 atom stereocenters. The van der Waals surface area contributed by atoms with Crippen LogP contribution in [0.5, 0.6) is 5.75 Å². The van der Waals surface area contributed by atoms with E-state index in [4.69, 9.17) is 5.73 Å². The number of hydrogen-bond acceptors (Lipinski definition) is 6. The molecule has 10 nitrogen and oxygen atoms in total. The van der Waals surface area contributed by atoms with Gasteiger partial charge in [0.2, 0.25) is 17.7 Å². The van der Waals surface area contributed by atoms with Crippen molar-refractivity contribution in [2.24, 2.45) is 11.7 Å². The smallest absolute Gasteiger partial charge is 0.326 e. The molecule has 1 saturated heterocycles. The van der Waals surface area contributed by atoms with Crippen molar-refractivity contribution in [2.75, 3.05) is 13.1 Å². The molecule has 1 aliphatic rings. The van der Waals surface area contributed by atoms with E-state index in [0.717, 1.165) is 0 Å². The number of aliphatic carboxylic acids is 1. The molecule has 3 unspecified atom stereocenters. The van der Waals surface area contributed by atoms with Crippen molar-refractivity contribution < 1.29 is 29.4 Å². The molecule has 10 heteroatoms. The SMILES string of the molecule is CC(C)CC(NC(=O)C(Cc1ccc(O)cc1)NC(=O)CN)C(=O)N1CCCC1C(=O)O. The van der Waals surface area contributed by atoms with Crippen LogP contribution < -0.4 is 16.4 Å². The summed E-state index contributed by atoms with van der Waals surface area (Å²) in [6.45, 7) is 3.81. The standard InChI is InChI=1S/C22H32N4O6/c1-13(2)10-17(21(30)26-9-3-4-18(26)22(31)32)25-20(29)16(24-19(28)12-23)11-14-5-7-15(27)8-6-14/h5-8,13,16-18,27H,3-4,9-12,23H2,1-2H3,(H,24,28)(H,25,29)(H,31,32). The number of aromatic hydroxyl groups is 1. The van der Waals surface area contributed by atoms with Gasteiger partial charge in [0.25, 0.3) is 0 Å². The van der Waals surface area contributed by atoms with Crippen molar-refractivity contribution in [1.82, 2.24) is 15.5 Å². The van der Waals surface area contributed by atoms with Crippen molar-refractivity contribution in [1.29, 1.82) is 0 Å². The highest BCUT2D eigenvalue weighted by Crippen LogP contribution is 2.20. The second kappa shape index (κ2) is 11.5. The number of carbonyl (C=O) groups excluding carboxylic acids is 3. The zero-order valence-corrected chi connectivity index (χ0v) is 18.4. The minimum absolute atomic E-state index is 0.0595. The minimum atomic E-state index is -1.06. The molecule has 1 aliphatic heterocycles. The molecule has 176 valence electrons. The van der Waals surface area contributed by atoms with Gasteiger partial charge in [-0.2, -0.15) is 0 Å². The monoisotopic (exact) mass is 448 g/mol. The van der Waals surface area contributed by atoms with Crippen molar-refractivity contribution in [2.45, 2.75) is 57.7 Å². The Balaban J connectivity index is 2.20. The van der Waals surface area contributed by atoms with E-state index in [0.29, 0.717) is 31.4 Å². The molecule has 1 aromatic carbocycles. The predicted octanol–water partition coefficient (Wildman–Crippen LogP) is -0.0153.